The van der Waals surface area contributed by atoms with E-state index in [1.807, 2.05) is 36.4 Å². The van der Waals surface area contributed by atoms with Gasteiger partial charge >= 0.3 is 5.91 Å². The molecule has 0 bridgehead atoms. The van der Waals surface area contributed by atoms with Crippen molar-refractivity contribution >= 4 is 118 Å². The Morgan fingerprint density at radius 3 is 2.44 bits per heavy atom. The molecule has 5 nitrogen and oxygen atoms in total. The Bertz CT molecular complexity index is 1630. The number of amides is 1. The van der Waals surface area contributed by atoms with E-state index in [-0.39, 0.29) is 5.76 Å². The fourth-order valence-electron chi connectivity index (χ4n) is 3.68. The van der Waals surface area contributed by atoms with Gasteiger partial charge in [0.2, 0.25) is 0 Å². The summed E-state index contributed by atoms with van der Waals surface area (Å²) in [6.45, 7) is 0.480. The maximum atomic E-state index is 12.5. The van der Waals surface area contributed by atoms with Crippen molar-refractivity contribution in [2.75, 3.05) is 0 Å². The predicted octanol–water partition coefficient (Wildman–Crippen LogP) is 8.51. The van der Waals surface area contributed by atoms with Gasteiger partial charge in [-0.2, -0.15) is 5.10 Å². The van der Waals surface area contributed by atoms with Crippen molar-refractivity contribution in [3.8, 4) is 5.75 Å². The third-order valence-electron chi connectivity index (χ3n) is 5.36. The third-order valence-corrected chi connectivity index (χ3v) is 8.22. The topological polar surface area (TPSA) is 63.8 Å². The minimum atomic E-state index is -0.408. The van der Waals surface area contributed by atoms with Crippen molar-refractivity contribution in [1.82, 2.24) is 5.43 Å². The van der Waals surface area contributed by atoms with Crippen LogP contribution in [0.1, 0.15) is 21.7 Å². The van der Waals surface area contributed by atoms with Gasteiger partial charge in [0, 0.05) is 9.86 Å². The summed E-state index contributed by atoms with van der Waals surface area (Å²) in [4.78, 5) is 12.5. The molecule has 1 N–H and O–H groups in total. The molecule has 0 spiro atoms. The SMILES string of the molecule is O=C(N/N=C\c1cc(I)c(OCc2ccc3ccccc3c2)c(I)c1)c1cc2cc(Br)cc(I)c2o1. The van der Waals surface area contributed by atoms with Gasteiger partial charge in [-0.15, -0.1) is 0 Å². The number of rotatable bonds is 6. The van der Waals surface area contributed by atoms with Crippen molar-refractivity contribution in [3.05, 3.63) is 105 Å². The Kier molecular flexibility index (Phi) is 8.17. The minimum Gasteiger partial charge on any atom is -0.487 e. The zero-order valence-corrected chi connectivity index (χ0v) is 26.5. The molecule has 0 saturated heterocycles. The number of nitrogens with zero attached hydrogens (tertiary/aromatic N) is 1. The van der Waals surface area contributed by atoms with Gasteiger partial charge in [-0.1, -0.05) is 52.3 Å². The number of carbonyl (C=O) groups is 1. The summed E-state index contributed by atoms with van der Waals surface area (Å²) in [6.07, 6.45) is 1.61. The molecule has 0 fully saturated rings. The number of furan rings is 1. The van der Waals surface area contributed by atoms with Crippen LogP contribution < -0.4 is 10.2 Å². The summed E-state index contributed by atoms with van der Waals surface area (Å²) in [5.74, 6) is 0.627. The number of benzene rings is 4. The Balaban J connectivity index is 1.25. The highest BCUT2D eigenvalue weighted by Gasteiger charge is 2.14. The first kappa shape index (κ1) is 25.9. The van der Waals surface area contributed by atoms with Crippen molar-refractivity contribution in [1.29, 1.82) is 0 Å². The van der Waals surface area contributed by atoms with Gasteiger partial charge in [-0.3, -0.25) is 4.79 Å². The van der Waals surface area contributed by atoms with Gasteiger partial charge in [0.05, 0.1) is 16.9 Å². The lowest BCUT2D eigenvalue weighted by molar-refractivity contribution is 0.0929. The number of hydrogen-bond donors (Lipinski definition) is 1. The average molecular weight is 877 g/mol. The van der Waals surface area contributed by atoms with Gasteiger partial charge < -0.3 is 9.15 Å². The first-order valence-corrected chi connectivity index (χ1v) is 14.7. The van der Waals surface area contributed by atoms with E-state index in [0.717, 1.165) is 37.4 Å². The average Bonchev–Trinajstić information content (AvgIpc) is 3.28. The molecule has 4 aromatic carbocycles. The van der Waals surface area contributed by atoms with Gasteiger partial charge in [-0.05, 0) is 126 Å². The molecule has 0 aliphatic heterocycles. The number of carbonyl (C=O) groups excluding carboxylic acids is 1. The minimum absolute atomic E-state index is 0.208. The zero-order valence-electron chi connectivity index (χ0n) is 18.4. The largest absolute Gasteiger partial charge is 0.487 e. The molecular weight excluding hydrogens is 861 g/mol. The molecule has 0 radical (unpaired) electrons. The lowest BCUT2D eigenvalue weighted by Gasteiger charge is -2.12. The predicted molar refractivity (Wildman–Crippen MR) is 172 cm³/mol. The number of fused-ring (bicyclic) bond motifs is 2. The Morgan fingerprint density at radius 2 is 1.67 bits per heavy atom. The molecule has 36 heavy (non-hydrogen) atoms. The second-order valence-corrected chi connectivity index (χ2v) is 12.3. The molecule has 0 aliphatic rings. The third kappa shape index (κ3) is 5.89. The molecule has 0 unspecified atom stereocenters. The fourth-order valence-corrected chi connectivity index (χ4v) is 7.47. The standard InChI is InChI=1S/C27H16BrI3N2O3/c28-20-10-19-11-24(36-25(19)23(31)12-20)27(34)33-32-13-16-8-21(29)26(22(30)9-16)35-14-15-5-6-17-3-1-2-4-18(17)7-15/h1-13H,14H2,(H,33,34)/b32-13-. The Morgan fingerprint density at radius 1 is 0.917 bits per heavy atom. The maximum absolute atomic E-state index is 12.5. The monoisotopic (exact) mass is 876 g/mol. The highest BCUT2D eigenvalue weighted by Crippen LogP contribution is 2.30. The molecule has 1 aromatic heterocycles. The molecule has 0 atom stereocenters. The van der Waals surface area contributed by atoms with Crippen LogP contribution >= 0.6 is 83.7 Å². The second kappa shape index (κ2) is 11.4. The quantitative estimate of drug-likeness (QED) is 0.106. The molecule has 0 aliphatic carbocycles. The number of hydrogen-bond acceptors (Lipinski definition) is 4. The lowest BCUT2D eigenvalue weighted by Crippen LogP contribution is -2.16. The molecular formula is C27H16BrI3N2O3. The van der Waals surface area contributed by atoms with E-state index >= 15 is 0 Å². The van der Waals surface area contributed by atoms with Gasteiger partial charge in [0.15, 0.2) is 5.76 Å². The van der Waals surface area contributed by atoms with Crippen LogP contribution in [0.4, 0.5) is 0 Å². The van der Waals surface area contributed by atoms with E-state index in [1.54, 1.807) is 12.3 Å². The molecule has 9 heteroatoms. The molecule has 180 valence electrons. The van der Waals surface area contributed by atoms with E-state index in [1.165, 1.54) is 10.8 Å². The summed E-state index contributed by atoms with van der Waals surface area (Å²) >= 11 is 10.2. The van der Waals surface area contributed by atoms with E-state index in [2.05, 4.69) is 125 Å². The van der Waals surface area contributed by atoms with Crippen LogP contribution in [0.5, 0.6) is 5.75 Å². The number of halogens is 4. The van der Waals surface area contributed by atoms with E-state index in [4.69, 9.17) is 9.15 Å². The van der Waals surface area contributed by atoms with Gasteiger partial charge in [-0.25, -0.2) is 5.43 Å². The highest BCUT2D eigenvalue weighted by molar-refractivity contribution is 14.1. The Hall–Kier alpha value is -1.71. The summed E-state index contributed by atoms with van der Waals surface area (Å²) in [5, 5.41) is 7.38. The second-order valence-electron chi connectivity index (χ2n) is 7.90. The van der Waals surface area contributed by atoms with Crippen molar-refractivity contribution in [2.45, 2.75) is 6.61 Å². The summed E-state index contributed by atoms with van der Waals surface area (Å²) in [5.41, 5.74) is 5.19. The highest BCUT2D eigenvalue weighted by atomic mass is 127. The maximum Gasteiger partial charge on any atom is 0.307 e. The lowest BCUT2D eigenvalue weighted by atomic mass is 10.1. The molecule has 1 amide bonds. The number of hydrazone groups is 1. The van der Waals surface area contributed by atoms with Crippen LogP contribution in [-0.2, 0) is 6.61 Å². The van der Waals surface area contributed by atoms with Crippen LogP contribution in [0.25, 0.3) is 21.7 Å². The van der Waals surface area contributed by atoms with Crippen LogP contribution in [0.15, 0.2) is 86.8 Å². The van der Waals surface area contributed by atoms with Crippen molar-refractivity contribution in [3.63, 3.8) is 0 Å². The Labute approximate surface area is 256 Å². The summed E-state index contributed by atoms with van der Waals surface area (Å²) < 4.78 is 15.7. The van der Waals surface area contributed by atoms with E-state index in [9.17, 15) is 4.79 Å². The normalized spacial score (nSPS) is 11.4. The van der Waals surface area contributed by atoms with Crippen molar-refractivity contribution < 1.29 is 13.9 Å². The smallest absolute Gasteiger partial charge is 0.307 e. The molecule has 5 rings (SSSR count). The summed E-state index contributed by atoms with van der Waals surface area (Å²) in [6, 6.07) is 24.1. The van der Waals surface area contributed by atoms with Crippen LogP contribution in [0.3, 0.4) is 0 Å². The van der Waals surface area contributed by atoms with Crippen LogP contribution in [0.2, 0.25) is 0 Å². The molecule has 0 saturated carbocycles. The zero-order chi connectivity index (χ0) is 25.2. The van der Waals surface area contributed by atoms with Crippen LogP contribution in [0, 0.1) is 10.7 Å². The van der Waals surface area contributed by atoms with Gasteiger partial charge in [0.1, 0.15) is 17.9 Å². The first-order valence-electron chi connectivity index (χ1n) is 10.7. The van der Waals surface area contributed by atoms with Crippen molar-refractivity contribution in [2.24, 2.45) is 5.10 Å². The number of ether oxygens (including phenoxy) is 1. The summed E-state index contributed by atoms with van der Waals surface area (Å²) in [7, 11) is 0. The van der Waals surface area contributed by atoms with E-state index in [0.29, 0.717) is 12.2 Å². The fraction of sp³-hybridized carbons (Fsp3) is 0.0370. The first-order chi connectivity index (χ1) is 17.4. The van der Waals surface area contributed by atoms with Gasteiger partial charge in [0.25, 0.3) is 0 Å². The number of nitrogens with one attached hydrogen (secondary N) is 1. The molecule has 5 aromatic rings. The van der Waals surface area contributed by atoms with Crippen LogP contribution in [-0.4, -0.2) is 12.1 Å². The molecule has 1 heterocycles. The van der Waals surface area contributed by atoms with E-state index < -0.39 is 5.91 Å².